The molecule has 24 heavy (non-hydrogen) atoms. The first-order valence-corrected chi connectivity index (χ1v) is 9.04. The third kappa shape index (κ3) is 7.81. The molecule has 1 aromatic heterocycles. The molecule has 1 saturated carbocycles. The second kappa shape index (κ2) is 11.7. The number of hydrogen-bond donors (Lipinski definition) is 2. The summed E-state index contributed by atoms with van der Waals surface area (Å²) in [5, 5.41) is 14.6. The number of nitrogens with zero attached hydrogens (tertiary/aromatic N) is 4. The molecule has 0 radical (unpaired) electrons. The molecule has 0 aromatic carbocycles. The van der Waals surface area contributed by atoms with Crippen molar-refractivity contribution in [3.63, 3.8) is 0 Å². The topological polar surface area (TPSA) is 67.1 Å². The number of aromatic nitrogens is 3. The second-order valence-corrected chi connectivity index (χ2v) is 6.93. The normalized spacial score (nSPS) is 24.3. The van der Waals surface area contributed by atoms with Gasteiger partial charge in [-0.15, -0.1) is 34.2 Å². The van der Waals surface area contributed by atoms with Crippen LogP contribution in [0, 0.1) is 11.8 Å². The van der Waals surface area contributed by atoms with Crippen LogP contribution in [0.3, 0.4) is 0 Å². The van der Waals surface area contributed by atoms with Gasteiger partial charge in [0.2, 0.25) is 0 Å². The van der Waals surface area contributed by atoms with Gasteiger partial charge >= 0.3 is 0 Å². The monoisotopic (exact) mass is 448 g/mol. The molecule has 1 aliphatic carbocycles. The molecule has 2 atom stereocenters. The van der Waals surface area contributed by atoms with Gasteiger partial charge in [-0.25, -0.2) is 0 Å². The Morgan fingerprint density at radius 1 is 1.12 bits per heavy atom. The van der Waals surface area contributed by atoms with E-state index in [1.807, 2.05) is 4.57 Å². The van der Waals surface area contributed by atoms with Crippen molar-refractivity contribution in [2.75, 3.05) is 13.1 Å². The smallest absolute Gasteiger partial charge is 0.191 e. The predicted molar refractivity (Wildman–Crippen MR) is 110 cm³/mol. The minimum absolute atomic E-state index is 0. The molecule has 0 bridgehead atoms. The van der Waals surface area contributed by atoms with E-state index in [0.717, 1.165) is 50.3 Å². The summed E-state index contributed by atoms with van der Waals surface area (Å²) in [5.41, 5.74) is 0. The van der Waals surface area contributed by atoms with Crippen molar-refractivity contribution in [1.82, 2.24) is 25.4 Å². The number of rotatable bonds is 7. The van der Waals surface area contributed by atoms with E-state index in [1.54, 1.807) is 12.7 Å². The zero-order chi connectivity index (χ0) is 16.5. The average Bonchev–Trinajstić information content (AvgIpc) is 2.99. The summed E-state index contributed by atoms with van der Waals surface area (Å²) in [5.74, 6) is 2.59. The van der Waals surface area contributed by atoms with Gasteiger partial charge in [-0.3, -0.25) is 4.99 Å². The summed E-state index contributed by atoms with van der Waals surface area (Å²) < 4.78 is 2.01. The van der Waals surface area contributed by atoms with Gasteiger partial charge in [-0.2, -0.15) is 0 Å². The highest BCUT2D eigenvalue weighted by Gasteiger charge is 2.24. The fourth-order valence-electron chi connectivity index (χ4n) is 3.51. The maximum atomic E-state index is 4.73. The van der Waals surface area contributed by atoms with Crippen LogP contribution in [0.2, 0.25) is 0 Å². The minimum Gasteiger partial charge on any atom is -0.357 e. The summed E-state index contributed by atoms with van der Waals surface area (Å²) in [4.78, 5) is 4.73. The number of nitrogens with one attached hydrogen (secondary N) is 2. The molecule has 6 nitrogen and oxygen atoms in total. The van der Waals surface area contributed by atoms with Gasteiger partial charge in [-0.05, 0) is 50.9 Å². The standard InChI is InChI=1S/C17H32N6.HI/c1-4-18-17(22-16-10-14(2)9-15(3)11-16)19-7-5-6-8-23-12-20-21-13-23;/h12-16H,4-11H2,1-3H3,(H2,18,19,22);1H. The van der Waals surface area contributed by atoms with E-state index in [0.29, 0.717) is 6.04 Å². The summed E-state index contributed by atoms with van der Waals surface area (Å²) in [7, 11) is 0. The summed E-state index contributed by atoms with van der Waals surface area (Å²) in [6.45, 7) is 9.57. The van der Waals surface area contributed by atoms with Gasteiger partial charge in [0, 0.05) is 25.7 Å². The highest BCUT2D eigenvalue weighted by atomic mass is 127. The van der Waals surface area contributed by atoms with Crippen LogP contribution < -0.4 is 10.6 Å². The van der Waals surface area contributed by atoms with Gasteiger partial charge in [0.05, 0.1) is 0 Å². The summed E-state index contributed by atoms with van der Waals surface area (Å²) in [6, 6.07) is 0.559. The Hall–Kier alpha value is -0.860. The highest BCUT2D eigenvalue weighted by molar-refractivity contribution is 14.0. The number of aliphatic imine (C=N–C) groups is 1. The van der Waals surface area contributed by atoms with Crippen LogP contribution in [0.25, 0.3) is 0 Å². The van der Waals surface area contributed by atoms with Crippen molar-refractivity contribution in [3.8, 4) is 0 Å². The van der Waals surface area contributed by atoms with Gasteiger partial charge in [0.1, 0.15) is 12.7 Å². The Bertz CT molecular complexity index is 452. The number of aryl methyl sites for hydroxylation is 1. The lowest BCUT2D eigenvalue weighted by molar-refractivity contribution is 0.255. The van der Waals surface area contributed by atoms with Crippen molar-refractivity contribution in [1.29, 1.82) is 0 Å². The molecule has 1 heterocycles. The van der Waals surface area contributed by atoms with Gasteiger partial charge < -0.3 is 15.2 Å². The van der Waals surface area contributed by atoms with E-state index in [1.165, 1.54) is 19.3 Å². The van der Waals surface area contributed by atoms with Crippen LogP contribution in [0.5, 0.6) is 0 Å². The van der Waals surface area contributed by atoms with E-state index in [9.17, 15) is 0 Å². The average molecular weight is 448 g/mol. The molecule has 2 N–H and O–H groups in total. The molecular formula is C17H33IN6. The first-order valence-electron chi connectivity index (χ1n) is 9.04. The quantitative estimate of drug-likeness (QED) is 0.291. The highest BCUT2D eigenvalue weighted by Crippen LogP contribution is 2.28. The maximum absolute atomic E-state index is 4.73. The lowest BCUT2D eigenvalue weighted by Crippen LogP contribution is -2.46. The van der Waals surface area contributed by atoms with Crippen molar-refractivity contribution >= 4 is 29.9 Å². The molecule has 2 rings (SSSR count). The first kappa shape index (κ1) is 21.2. The molecule has 0 spiro atoms. The maximum Gasteiger partial charge on any atom is 0.191 e. The van der Waals surface area contributed by atoms with E-state index >= 15 is 0 Å². The molecule has 0 amide bonds. The second-order valence-electron chi connectivity index (χ2n) is 6.93. The van der Waals surface area contributed by atoms with Crippen molar-refractivity contribution in [3.05, 3.63) is 12.7 Å². The molecule has 7 heteroatoms. The molecule has 1 aliphatic rings. The summed E-state index contributed by atoms with van der Waals surface area (Å²) in [6.07, 6.45) is 9.56. The molecule has 2 unspecified atom stereocenters. The van der Waals surface area contributed by atoms with E-state index < -0.39 is 0 Å². The van der Waals surface area contributed by atoms with Crippen LogP contribution >= 0.6 is 24.0 Å². The van der Waals surface area contributed by atoms with Crippen molar-refractivity contribution < 1.29 is 0 Å². The van der Waals surface area contributed by atoms with Crippen molar-refractivity contribution in [2.24, 2.45) is 16.8 Å². The van der Waals surface area contributed by atoms with Gasteiger partial charge in [-0.1, -0.05) is 13.8 Å². The first-order chi connectivity index (χ1) is 11.2. The lowest BCUT2D eigenvalue weighted by atomic mass is 9.80. The van der Waals surface area contributed by atoms with Gasteiger partial charge in [0.25, 0.3) is 0 Å². The van der Waals surface area contributed by atoms with E-state index in [-0.39, 0.29) is 24.0 Å². The van der Waals surface area contributed by atoms with Gasteiger partial charge in [0.15, 0.2) is 5.96 Å². The number of halogens is 1. The lowest BCUT2D eigenvalue weighted by Gasteiger charge is -2.32. The number of guanidine groups is 1. The van der Waals surface area contributed by atoms with Crippen LogP contribution in [0.4, 0.5) is 0 Å². The minimum atomic E-state index is 0. The zero-order valence-corrected chi connectivity index (χ0v) is 17.6. The Balaban J connectivity index is 0.00000288. The van der Waals surface area contributed by atoms with E-state index in [4.69, 9.17) is 4.99 Å². The van der Waals surface area contributed by atoms with E-state index in [2.05, 4.69) is 41.6 Å². The Kier molecular flexibility index (Phi) is 10.3. The van der Waals surface area contributed by atoms with Crippen molar-refractivity contribution in [2.45, 2.75) is 65.5 Å². The van der Waals surface area contributed by atoms with Crippen LogP contribution in [-0.4, -0.2) is 39.9 Å². The zero-order valence-electron chi connectivity index (χ0n) is 15.2. The Morgan fingerprint density at radius 3 is 2.42 bits per heavy atom. The number of hydrogen-bond acceptors (Lipinski definition) is 3. The predicted octanol–water partition coefficient (Wildman–Crippen LogP) is 3.06. The molecular weight excluding hydrogens is 415 g/mol. The van der Waals surface area contributed by atoms with Crippen LogP contribution in [0.1, 0.15) is 52.9 Å². The fourth-order valence-corrected chi connectivity index (χ4v) is 3.51. The molecule has 138 valence electrons. The number of unbranched alkanes of at least 4 members (excludes halogenated alkanes) is 1. The fraction of sp³-hybridized carbons (Fsp3) is 0.824. The SMILES string of the molecule is CCNC(=NCCCCn1cnnc1)NC1CC(C)CC(C)C1.I. The largest absolute Gasteiger partial charge is 0.357 e. The molecule has 0 aliphatic heterocycles. The Labute approximate surface area is 163 Å². The van der Waals surface area contributed by atoms with Crippen LogP contribution in [-0.2, 0) is 6.54 Å². The summed E-state index contributed by atoms with van der Waals surface area (Å²) >= 11 is 0. The molecule has 1 aromatic rings. The Morgan fingerprint density at radius 2 is 1.79 bits per heavy atom. The van der Waals surface area contributed by atoms with Crippen LogP contribution in [0.15, 0.2) is 17.6 Å². The third-order valence-electron chi connectivity index (χ3n) is 4.42. The third-order valence-corrected chi connectivity index (χ3v) is 4.42. The molecule has 0 saturated heterocycles. The molecule has 1 fully saturated rings.